The lowest BCUT2D eigenvalue weighted by Gasteiger charge is -2.14. The highest BCUT2D eigenvalue weighted by molar-refractivity contribution is 7.90. The van der Waals surface area contributed by atoms with Crippen molar-refractivity contribution in [2.45, 2.75) is 32.7 Å². The van der Waals surface area contributed by atoms with Gasteiger partial charge in [0, 0.05) is 18.1 Å². The van der Waals surface area contributed by atoms with Crippen LogP contribution in [0.15, 0.2) is 0 Å². The van der Waals surface area contributed by atoms with Gasteiger partial charge in [-0.2, -0.15) is 0 Å². The van der Waals surface area contributed by atoms with Crippen LogP contribution >= 0.6 is 0 Å². The Balaban J connectivity index is 3.58. The van der Waals surface area contributed by atoms with Gasteiger partial charge in [-0.1, -0.05) is 6.92 Å². The van der Waals surface area contributed by atoms with Gasteiger partial charge >= 0.3 is 0 Å². The summed E-state index contributed by atoms with van der Waals surface area (Å²) in [6.07, 6.45) is 2.88. The number of sulfone groups is 1. The molecule has 4 heteroatoms. The quantitative estimate of drug-likeness (QED) is 0.702. The average Bonchev–Trinajstić information content (AvgIpc) is 1.84. The van der Waals surface area contributed by atoms with Crippen LogP contribution in [0.25, 0.3) is 0 Å². The maximum Gasteiger partial charge on any atom is 0.147 e. The van der Waals surface area contributed by atoms with Crippen molar-refractivity contribution in [3.05, 3.63) is 0 Å². The Kier molecular flexibility index (Phi) is 4.78. The average molecular weight is 193 g/mol. The summed E-state index contributed by atoms with van der Waals surface area (Å²) in [6, 6.07) is 0.157. The third kappa shape index (κ3) is 6.61. The van der Waals surface area contributed by atoms with E-state index in [0.29, 0.717) is 5.92 Å². The topological polar surface area (TPSA) is 60.2 Å². The van der Waals surface area contributed by atoms with E-state index in [4.69, 9.17) is 5.73 Å². The van der Waals surface area contributed by atoms with E-state index in [9.17, 15) is 8.42 Å². The molecule has 2 N–H and O–H groups in total. The Bertz CT molecular complexity index is 209. The Morgan fingerprint density at radius 2 is 1.83 bits per heavy atom. The molecule has 0 heterocycles. The first-order chi connectivity index (χ1) is 5.33. The monoisotopic (exact) mass is 193 g/mol. The van der Waals surface area contributed by atoms with E-state index < -0.39 is 9.84 Å². The Morgan fingerprint density at radius 3 is 2.17 bits per heavy atom. The van der Waals surface area contributed by atoms with Crippen LogP contribution in [0, 0.1) is 5.92 Å². The lowest BCUT2D eigenvalue weighted by atomic mass is 9.99. The molecule has 74 valence electrons. The number of nitrogens with two attached hydrogens (primary N) is 1. The molecule has 0 spiro atoms. The fourth-order valence-electron chi connectivity index (χ4n) is 0.930. The molecule has 12 heavy (non-hydrogen) atoms. The van der Waals surface area contributed by atoms with Crippen LogP contribution in [0.5, 0.6) is 0 Å². The number of rotatable bonds is 5. The molecule has 0 saturated heterocycles. The van der Waals surface area contributed by atoms with Gasteiger partial charge in [0.15, 0.2) is 0 Å². The molecule has 0 aromatic heterocycles. The lowest BCUT2D eigenvalue weighted by molar-refractivity contribution is 0.445. The van der Waals surface area contributed by atoms with Crippen LogP contribution in [0.4, 0.5) is 0 Å². The van der Waals surface area contributed by atoms with Crippen molar-refractivity contribution in [2.75, 3.05) is 12.0 Å². The summed E-state index contributed by atoms with van der Waals surface area (Å²) < 4.78 is 21.5. The van der Waals surface area contributed by atoms with E-state index in [1.165, 1.54) is 6.26 Å². The van der Waals surface area contributed by atoms with Crippen LogP contribution in [0.2, 0.25) is 0 Å². The summed E-state index contributed by atoms with van der Waals surface area (Å²) in [5, 5.41) is 0. The zero-order chi connectivity index (χ0) is 9.78. The fourth-order valence-corrected chi connectivity index (χ4v) is 1.62. The molecule has 0 aliphatic heterocycles. The van der Waals surface area contributed by atoms with Crippen molar-refractivity contribution in [1.29, 1.82) is 0 Å². The molecule has 3 nitrogen and oxygen atoms in total. The highest BCUT2D eigenvalue weighted by Crippen LogP contribution is 2.09. The Morgan fingerprint density at radius 1 is 1.33 bits per heavy atom. The standard InChI is InChI=1S/C8H19NO2S/c1-7(8(2)9)5-4-6-12(3,10)11/h7-8H,4-6,9H2,1-3H3. The normalized spacial score (nSPS) is 17.3. The number of hydrogen-bond donors (Lipinski definition) is 1. The maximum absolute atomic E-state index is 10.8. The second-order valence-corrected chi connectivity index (χ2v) is 5.87. The smallest absolute Gasteiger partial charge is 0.147 e. The molecule has 0 saturated carbocycles. The van der Waals surface area contributed by atoms with Crippen LogP contribution < -0.4 is 5.73 Å². The van der Waals surface area contributed by atoms with Gasteiger partial charge in [-0.3, -0.25) is 0 Å². The van der Waals surface area contributed by atoms with Crippen molar-refractivity contribution in [2.24, 2.45) is 11.7 Å². The summed E-state index contributed by atoms with van der Waals surface area (Å²) in [6.45, 7) is 4.00. The third-order valence-electron chi connectivity index (χ3n) is 2.07. The van der Waals surface area contributed by atoms with Crippen molar-refractivity contribution in [3.8, 4) is 0 Å². The van der Waals surface area contributed by atoms with Crippen molar-refractivity contribution >= 4 is 9.84 Å². The summed E-state index contributed by atoms with van der Waals surface area (Å²) >= 11 is 0. The lowest BCUT2D eigenvalue weighted by Crippen LogP contribution is -2.24. The van der Waals surface area contributed by atoms with Crippen LogP contribution in [0.1, 0.15) is 26.7 Å². The predicted octanol–water partition coefficient (Wildman–Crippen LogP) is 0.795. The second-order valence-electron chi connectivity index (χ2n) is 3.61. The minimum absolute atomic E-state index is 0.157. The van der Waals surface area contributed by atoms with Crippen LogP contribution in [0.3, 0.4) is 0 Å². The Labute approximate surface area is 75.3 Å². The molecule has 0 aromatic rings. The van der Waals surface area contributed by atoms with Crippen LogP contribution in [-0.2, 0) is 9.84 Å². The van der Waals surface area contributed by atoms with Gasteiger partial charge in [-0.15, -0.1) is 0 Å². The Hall–Kier alpha value is -0.0900. The highest BCUT2D eigenvalue weighted by atomic mass is 32.2. The van der Waals surface area contributed by atoms with Gasteiger partial charge in [0.2, 0.25) is 0 Å². The third-order valence-corrected chi connectivity index (χ3v) is 3.10. The minimum Gasteiger partial charge on any atom is -0.328 e. The van der Waals surface area contributed by atoms with E-state index in [1.54, 1.807) is 0 Å². The van der Waals surface area contributed by atoms with E-state index in [-0.39, 0.29) is 11.8 Å². The van der Waals surface area contributed by atoms with E-state index in [0.717, 1.165) is 12.8 Å². The van der Waals surface area contributed by atoms with E-state index >= 15 is 0 Å². The molecule has 0 rings (SSSR count). The van der Waals surface area contributed by atoms with Crippen molar-refractivity contribution in [3.63, 3.8) is 0 Å². The van der Waals surface area contributed by atoms with E-state index in [1.807, 2.05) is 13.8 Å². The van der Waals surface area contributed by atoms with Crippen molar-refractivity contribution in [1.82, 2.24) is 0 Å². The fraction of sp³-hybridized carbons (Fsp3) is 1.00. The van der Waals surface area contributed by atoms with Crippen LogP contribution in [-0.4, -0.2) is 26.5 Å². The van der Waals surface area contributed by atoms with Gasteiger partial charge in [-0.25, -0.2) is 8.42 Å². The van der Waals surface area contributed by atoms with Gasteiger partial charge < -0.3 is 5.73 Å². The van der Waals surface area contributed by atoms with Gasteiger partial charge in [0.25, 0.3) is 0 Å². The van der Waals surface area contributed by atoms with Gasteiger partial charge in [0.05, 0.1) is 0 Å². The molecule has 0 aliphatic carbocycles. The van der Waals surface area contributed by atoms with Crippen molar-refractivity contribution < 1.29 is 8.42 Å². The molecule has 0 radical (unpaired) electrons. The summed E-state index contributed by atoms with van der Waals surface area (Å²) in [4.78, 5) is 0. The second kappa shape index (κ2) is 4.82. The predicted molar refractivity (Wildman–Crippen MR) is 51.8 cm³/mol. The maximum atomic E-state index is 10.8. The highest BCUT2D eigenvalue weighted by Gasteiger charge is 2.08. The molecule has 0 bridgehead atoms. The largest absolute Gasteiger partial charge is 0.328 e. The molecule has 0 aliphatic rings. The zero-order valence-corrected chi connectivity index (χ0v) is 8.89. The summed E-state index contributed by atoms with van der Waals surface area (Å²) in [5.74, 6) is 0.691. The molecular weight excluding hydrogens is 174 g/mol. The molecule has 0 amide bonds. The summed E-state index contributed by atoms with van der Waals surface area (Å²) in [5.41, 5.74) is 5.64. The molecule has 0 fully saturated rings. The first kappa shape index (κ1) is 11.9. The zero-order valence-electron chi connectivity index (χ0n) is 8.08. The summed E-state index contributed by atoms with van der Waals surface area (Å²) in [7, 11) is -2.79. The van der Waals surface area contributed by atoms with Gasteiger partial charge in [0.1, 0.15) is 9.84 Å². The molecule has 2 unspecified atom stereocenters. The van der Waals surface area contributed by atoms with E-state index in [2.05, 4.69) is 0 Å². The first-order valence-corrected chi connectivity index (χ1v) is 6.32. The first-order valence-electron chi connectivity index (χ1n) is 4.26. The molecular formula is C8H19NO2S. The SMILES string of the molecule is CC(N)C(C)CCCS(C)(=O)=O. The minimum atomic E-state index is -2.79. The molecule has 2 atom stereocenters. The van der Waals surface area contributed by atoms with Gasteiger partial charge in [-0.05, 0) is 25.7 Å². The number of hydrogen-bond acceptors (Lipinski definition) is 3. The molecule has 0 aromatic carbocycles.